The highest BCUT2D eigenvalue weighted by molar-refractivity contribution is 6.30. The summed E-state index contributed by atoms with van der Waals surface area (Å²) in [7, 11) is 3.09. The van der Waals surface area contributed by atoms with Gasteiger partial charge in [0.05, 0.1) is 26.3 Å². The summed E-state index contributed by atoms with van der Waals surface area (Å²) in [5, 5.41) is 0.507. The van der Waals surface area contributed by atoms with E-state index >= 15 is 0 Å². The van der Waals surface area contributed by atoms with Crippen molar-refractivity contribution in [2.24, 2.45) is 0 Å². The second-order valence-corrected chi connectivity index (χ2v) is 8.00. The molecule has 0 unspecified atom stereocenters. The van der Waals surface area contributed by atoms with Crippen LogP contribution in [0.4, 0.5) is 0 Å². The summed E-state index contributed by atoms with van der Waals surface area (Å²) >= 11 is 5.91. The number of carbonyl (C=O) groups is 1. The summed E-state index contributed by atoms with van der Waals surface area (Å²) in [4.78, 5) is 43.5. The van der Waals surface area contributed by atoms with Crippen molar-refractivity contribution in [2.75, 3.05) is 14.2 Å². The van der Waals surface area contributed by atoms with Crippen molar-refractivity contribution < 1.29 is 14.3 Å². The SMILES string of the molecule is COc1ccc(CCn2c(=O)c3ncccc3n(CC(=O)c3ccc(Cl)cc3)c2=O)cc1OC. The number of aryl methyl sites for hydroxylation is 1. The predicted molar refractivity (Wildman–Crippen MR) is 129 cm³/mol. The monoisotopic (exact) mass is 479 g/mol. The van der Waals surface area contributed by atoms with Gasteiger partial charge in [0, 0.05) is 23.3 Å². The second-order valence-electron chi connectivity index (χ2n) is 7.57. The number of rotatable bonds is 8. The third-order valence-corrected chi connectivity index (χ3v) is 5.78. The Hall–Kier alpha value is -3.91. The van der Waals surface area contributed by atoms with Crippen LogP contribution in [0.3, 0.4) is 0 Å². The van der Waals surface area contributed by atoms with Gasteiger partial charge < -0.3 is 9.47 Å². The molecule has 0 atom stereocenters. The molecule has 0 fully saturated rings. The first kappa shape index (κ1) is 23.3. The highest BCUT2D eigenvalue weighted by atomic mass is 35.5. The van der Waals surface area contributed by atoms with Crippen LogP contribution in [-0.2, 0) is 19.5 Å². The molecule has 0 aliphatic rings. The third-order valence-electron chi connectivity index (χ3n) is 5.53. The van der Waals surface area contributed by atoms with Crippen LogP contribution in [-0.4, -0.2) is 34.1 Å². The molecule has 34 heavy (non-hydrogen) atoms. The van der Waals surface area contributed by atoms with E-state index < -0.39 is 11.2 Å². The first-order valence-electron chi connectivity index (χ1n) is 10.5. The topological polar surface area (TPSA) is 92.4 Å². The Morgan fingerprint density at radius 3 is 2.41 bits per heavy atom. The minimum atomic E-state index is -0.576. The number of hydrogen-bond donors (Lipinski definition) is 0. The lowest BCUT2D eigenvalue weighted by Crippen LogP contribution is -2.41. The zero-order chi connectivity index (χ0) is 24.2. The number of fused-ring (bicyclic) bond motifs is 1. The van der Waals surface area contributed by atoms with E-state index in [1.807, 2.05) is 6.07 Å². The summed E-state index contributed by atoms with van der Waals surface area (Å²) in [5.74, 6) is 0.855. The van der Waals surface area contributed by atoms with Gasteiger partial charge in [-0.25, -0.2) is 9.78 Å². The quantitative estimate of drug-likeness (QED) is 0.360. The van der Waals surface area contributed by atoms with Gasteiger partial charge in [-0.15, -0.1) is 0 Å². The normalized spacial score (nSPS) is 10.9. The zero-order valence-corrected chi connectivity index (χ0v) is 19.4. The Morgan fingerprint density at radius 2 is 1.71 bits per heavy atom. The summed E-state index contributed by atoms with van der Waals surface area (Å²) in [6.45, 7) is -0.131. The maximum Gasteiger partial charge on any atom is 0.332 e. The van der Waals surface area contributed by atoms with E-state index in [0.717, 1.165) is 10.1 Å². The fourth-order valence-corrected chi connectivity index (χ4v) is 3.87. The highest BCUT2D eigenvalue weighted by Gasteiger charge is 2.17. The molecule has 0 saturated carbocycles. The first-order chi connectivity index (χ1) is 16.4. The van der Waals surface area contributed by atoms with Crippen molar-refractivity contribution in [3.05, 3.63) is 97.8 Å². The van der Waals surface area contributed by atoms with Gasteiger partial charge in [0.15, 0.2) is 22.8 Å². The summed E-state index contributed by atoms with van der Waals surface area (Å²) in [6.07, 6.45) is 1.87. The molecule has 0 aliphatic heterocycles. The maximum absolute atomic E-state index is 13.3. The van der Waals surface area contributed by atoms with E-state index in [2.05, 4.69) is 4.98 Å². The number of methoxy groups -OCH3 is 2. The van der Waals surface area contributed by atoms with Crippen LogP contribution in [0.5, 0.6) is 11.5 Å². The van der Waals surface area contributed by atoms with E-state index in [0.29, 0.717) is 34.0 Å². The lowest BCUT2D eigenvalue weighted by Gasteiger charge is -2.14. The Kier molecular flexibility index (Phi) is 6.79. The van der Waals surface area contributed by atoms with Crippen molar-refractivity contribution in [1.82, 2.24) is 14.1 Å². The molecular formula is C25H22ClN3O5. The van der Waals surface area contributed by atoms with Crippen LogP contribution in [0.25, 0.3) is 11.0 Å². The van der Waals surface area contributed by atoms with Gasteiger partial charge in [0.25, 0.3) is 5.56 Å². The van der Waals surface area contributed by atoms with E-state index in [1.165, 1.54) is 17.9 Å². The van der Waals surface area contributed by atoms with E-state index in [1.54, 1.807) is 55.6 Å². The lowest BCUT2D eigenvalue weighted by atomic mass is 10.1. The molecule has 174 valence electrons. The molecule has 9 heteroatoms. The molecule has 4 aromatic rings. The second kappa shape index (κ2) is 9.93. The molecule has 8 nitrogen and oxygen atoms in total. The molecule has 0 saturated heterocycles. The lowest BCUT2D eigenvalue weighted by molar-refractivity contribution is 0.0971. The number of benzene rings is 2. The zero-order valence-electron chi connectivity index (χ0n) is 18.7. The Morgan fingerprint density at radius 1 is 0.971 bits per heavy atom. The molecule has 4 rings (SSSR count). The molecule has 2 heterocycles. The van der Waals surface area contributed by atoms with Crippen LogP contribution >= 0.6 is 11.6 Å². The molecule has 0 spiro atoms. The number of ether oxygens (including phenoxy) is 2. The van der Waals surface area contributed by atoms with Crippen LogP contribution in [0.15, 0.2) is 70.4 Å². The van der Waals surface area contributed by atoms with Crippen molar-refractivity contribution in [3.63, 3.8) is 0 Å². The Bertz CT molecular complexity index is 1480. The van der Waals surface area contributed by atoms with Gasteiger partial charge in [0.1, 0.15) is 0 Å². The van der Waals surface area contributed by atoms with Crippen LogP contribution < -0.4 is 20.7 Å². The van der Waals surface area contributed by atoms with Gasteiger partial charge in [-0.05, 0) is 60.5 Å². The van der Waals surface area contributed by atoms with Crippen molar-refractivity contribution in [3.8, 4) is 11.5 Å². The molecule has 0 amide bonds. The number of aromatic nitrogens is 3. The molecule has 0 bridgehead atoms. The summed E-state index contributed by atoms with van der Waals surface area (Å²) in [5.41, 5.74) is 0.621. The average molecular weight is 480 g/mol. The molecular weight excluding hydrogens is 458 g/mol. The van der Waals surface area contributed by atoms with Crippen molar-refractivity contribution in [1.29, 1.82) is 0 Å². The average Bonchev–Trinajstić information content (AvgIpc) is 2.86. The van der Waals surface area contributed by atoms with Gasteiger partial charge >= 0.3 is 5.69 Å². The van der Waals surface area contributed by atoms with E-state index in [-0.39, 0.29) is 24.4 Å². The largest absolute Gasteiger partial charge is 0.493 e. The highest BCUT2D eigenvalue weighted by Crippen LogP contribution is 2.27. The minimum Gasteiger partial charge on any atom is -0.493 e. The van der Waals surface area contributed by atoms with Gasteiger partial charge in [0.2, 0.25) is 0 Å². The Labute approximate surface area is 200 Å². The van der Waals surface area contributed by atoms with Crippen molar-refractivity contribution >= 4 is 28.4 Å². The Balaban J connectivity index is 1.72. The maximum atomic E-state index is 13.3. The number of Topliss-reactive ketones (excluding diaryl/α,β-unsaturated/α-hetero) is 1. The fourth-order valence-electron chi connectivity index (χ4n) is 3.74. The molecule has 2 aromatic carbocycles. The van der Waals surface area contributed by atoms with E-state index in [4.69, 9.17) is 21.1 Å². The van der Waals surface area contributed by atoms with Crippen LogP contribution in [0.1, 0.15) is 15.9 Å². The van der Waals surface area contributed by atoms with Crippen LogP contribution in [0, 0.1) is 0 Å². The standard InChI is InChI=1S/C25H22ClN3O5/c1-33-21-10-5-16(14-22(21)34-2)11-13-28-24(31)23-19(4-3-12-27-23)29(25(28)32)15-20(30)17-6-8-18(26)9-7-17/h3-10,12,14H,11,13,15H2,1-2H3. The first-order valence-corrected chi connectivity index (χ1v) is 10.9. The molecule has 0 aliphatic carbocycles. The smallest absolute Gasteiger partial charge is 0.332 e. The van der Waals surface area contributed by atoms with Gasteiger partial charge in [-0.1, -0.05) is 17.7 Å². The molecule has 0 N–H and O–H groups in total. The number of halogens is 1. The van der Waals surface area contributed by atoms with Crippen molar-refractivity contribution in [2.45, 2.75) is 19.5 Å². The predicted octanol–water partition coefficient (Wildman–Crippen LogP) is 3.35. The molecule has 2 aromatic heterocycles. The van der Waals surface area contributed by atoms with E-state index in [9.17, 15) is 14.4 Å². The van der Waals surface area contributed by atoms with Crippen LogP contribution in [0.2, 0.25) is 5.02 Å². The number of pyridine rings is 1. The number of carbonyl (C=O) groups excluding carboxylic acids is 1. The number of hydrogen-bond acceptors (Lipinski definition) is 6. The number of ketones is 1. The minimum absolute atomic E-state index is 0.106. The van der Waals surface area contributed by atoms with Gasteiger partial charge in [-0.2, -0.15) is 0 Å². The van der Waals surface area contributed by atoms with Gasteiger partial charge in [-0.3, -0.25) is 18.7 Å². The number of nitrogens with zero attached hydrogens (tertiary/aromatic N) is 3. The third kappa shape index (κ3) is 4.58. The summed E-state index contributed by atoms with van der Waals surface area (Å²) < 4.78 is 13.0. The fraction of sp³-hybridized carbons (Fsp3) is 0.200. The summed E-state index contributed by atoms with van der Waals surface area (Å²) in [6, 6.07) is 15.1. The molecule has 0 radical (unpaired) electrons.